The Morgan fingerprint density at radius 2 is 1.95 bits per heavy atom. The molecule has 1 amide bonds. The predicted molar refractivity (Wildman–Crippen MR) is 77.5 cm³/mol. The summed E-state index contributed by atoms with van der Waals surface area (Å²) < 4.78 is 13.5. The molecule has 1 aromatic rings. The largest absolute Gasteiger partial charge is 0.357 e. The van der Waals surface area contributed by atoms with Crippen LogP contribution in [0.5, 0.6) is 0 Å². The molecule has 0 atom stereocenters. The first kappa shape index (κ1) is 15.7. The highest BCUT2D eigenvalue weighted by atomic mass is 35.5. The van der Waals surface area contributed by atoms with Crippen LogP contribution in [0, 0.1) is 5.82 Å². The van der Waals surface area contributed by atoms with Gasteiger partial charge in [-0.15, -0.1) is 0 Å². The van der Waals surface area contributed by atoms with Crippen molar-refractivity contribution in [3.05, 3.63) is 34.6 Å². The third-order valence-electron chi connectivity index (χ3n) is 1.95. The molecule has 0 aliphatic heterocycles. The van der Waals surface area contributed by atoms with Gasteiger partial charge >= 0.3 is 0 Å². The summed E-state index contributed by atoms with van der Waals surface area (Å²) in [6.45, 7) is 5.75. The Labute approximate surface area is 121 Å². The maximum Gasteiger partial charge on any atom is 0.272 e. The monoisotopic (exact) mass is 303 g/mol. The van der Waals surface area contributed by atoms with Crippen LogP contribution in [0.4, 0.5) is 4.39 Å². The summed E-state index contributed by atoms with van der Waals surface area (Å²) in [5, 5.41) is 3.41. The first-order valence-corrected chi connectivity index (χ1v) is 6.31. The second kappa shape index (κ2) is 6.16. The number of halogens is 2. The topological polar surface area (TPSA) is 53.2 Å². The molecule has 4 nitrogen and oxygen atoms in total. The Bertz CT molecular complexity index is 502. The molecule has 7 heteroatoms. The third-order valence-corrected chi connectivity index (χ3v) is 2.39. The minimum Gasteiger partial charge on any atom is -0.357 e. The standard InChI is InChI=1S/C12H15ClFN3OS/c1-12(2,3)15-11(19)17-16-10(18)8-5-4-7(13)6-9(8)14/h4-6H,1-3H3,(H,16,18)(H2,15,17,19). The first-order valence-electron chi connectivity index (χ1n) is 5.52. The molecule has 0 unspecified atom stereocenters. The highest BCUT2D eigenvalue weighted by Gasteiger charge is 2.14. The van der Waals surface area contributed by atoms with Gasteiger partial charge in [0.15, 0.2) is 5.11 Å². The summed E-state index contributed by atoms with van der Waals surface area (Å²) in [7, 11) is 0. The molecular weight excluding hydrogens is 289 g/mol. The van der Waals surface area contributed by atoms with Gasteiger partial charge in [0.2, 0.25) is 0 Å². The summed E-state index contributed by atoms with van der Waals surface area (Å²) in [5.74, 6) is -1.33. The molecule has 0 aliphatic carbocycles. The molecule has 0 bridgehead atoms. The number of carbonyl (C=O) groups excluding carboxylic acids is 1. The van der Waals surface area contributed by atoms with E-state index in [4.69, 9.17) is 23.8 Å². The Hall–Kier alpha value is -1.40. The van der Waals surface area contributed by atoms with Gasteiger partial charge in [0, 0.05) is 10.6 Å². The fraction of sp³-hybridized carbons (Fsp3) is 0.333. The van der Waals surface area contributed by atoms with Gasteiger partial charge in [-0.25, -0.2) is 4.39 Å². The van der Waals surface area contributed by atoms with E-state index in [1.54, 1.807) is 0 Å². The normalized spacial score (nSPS) is 10.8. The fourth-order valence-electron chi connectivity index (χ4n) is 1.23. The van der Waals surface area contributed by atoms with Crippen molar-refractivity contribution < 1.29 is 9.18 Å². The maximum absolute atomic E-state index is 13.5. The lowest BCUT2D eigenvalue weighted by atomic mass is 10.1. The molecule has 3 N–H and O–H groups in total. The second-order valence-electron chi connectivity index (χ2n) is 4.91. The lowest BCUT2D eigenvalue weighted by Crippen LogP contribution is -2.52. The number of amides is 1. The van der Waals surface area contributed by atoms with E-state index in [0.717, 1.165) is 6.07 Å². The average Bonchev–Trinajstić information content (AvgIpc) is 2.23. The van der Waals surface area contributed by atoms with Crippen LogP contribution < -0.4 is 16.2 Å². The van der Waals surface area contributed by atoms with Crippen LogP contribution in [-0.2, 0) is 0 Å². The number of benzene rings is 1. The van der Waals surface area contributed by atoms with Gasteiger partial charge < -0.3 is 5.32 Å². The zero-order valence-electron chi connectivity index (χ0n) is 10.8. The predicted octanol–water partition coefficient (Wildman–Crippen LogP) is 2.39. The van der Waals surface area contributed by atoms with E-state index in [2.05, 4.69) is 16.2 Å². The van der Waals surface area contributed by atoms with Crippen molar-refractivity contribution in [2.75, 3.05) is 0 Å². The van der Waals surface area contributed by atoms with Crippen LogP contribution in [0.25, 0.3) is 0 Å². The van der Waals surface area contributed by atoms with Gasteiger partial charge in [-0.2, -0.15) is 0 Å². The number of carbonyl (C=O) groups is 1. The molecular formula is C12H15ClFN3OS. The van der Waals surface area contributed by atoms with Crippen molar-refractivity contribution in [1.29, 1.82) is 0 Å². The number of hydrogen-bond donors (Lipinski definition) is 3. The summed E-state index contributed by atoms with van der Waals surface area (Å²) in [6.07, 6.45) is 0. The average molecular weight is 304 g/mol. The van der Waals surface area contributed by atoms with E-state index in [0.29, 0.717) is 0 Å². The van der Waals surface area contributed by atoms with E-state index in [1.807, 2.05) is 20.8 Å². The first-order chi connectivity index (χ1) is 8.69. The van der Waals surface area contributed by atoms with Crippen molar-refractivity contribution in [2.24, 2.45) is 0 Å². The Kier molecular flexibility index (Phi) is 5.08. The molecule has 0 saturated carbocycles. The summed E-state index contributed by atoms with van der Waals surface area (Å²) in [4.78, 5) is 11.7. The molecule has 1 aromatic carbocycles. The highest BCUT2D eigenvalue weighted by molar-refractivity contribution is 7.80. The van der Waals surface area contributed by atoms with E-state index in [9.17, 15) is 9.18 Å². The number of thiocarbonyl (C=S) groups is 1. The third kappa shape index (κ3) is 5.40. The van der Waals surface area contributed by atoms with Gasteiger partial charge in [0.1, 0.15) is 5.82 Å². The molecule has 0 spiro atoms. The Morgan fingerprint density at radius 1 is 1.32 bits per heavy atom. The van der Waals surface area contributed by atoms with E-state index >= 15 is 0 Å². The SMILES string of the molecule is CC(C)(C)NC(=S)NNC(=O)c1ccc(Cl)cc1F. The zero-order chi connectivity index (χ0) is 14.6. The second-order valence-corrected chi connectivity index (χ2v) is 5.75. The van der Waals surface area contributed by atoms with Crippen LogP contribution in [0.2, 0.25) is 5.02 Å². The molecule has 0 radical (unpaired) electrons. The van der Waals surface area contributed by atoms with Crippen LogP contribution >= 0.6 is 23.8 Å². The van der Waals surface area contributed by atoms with E-state index < -0.39 is 11.7 Å². The van der Waals surface area contributed by atoms with Crippen molar-refractivity contribution in [1.82, 2.24) is 16.2 Å². The number of hydrogen-bond acceptors (Lipinski definition) is 2. The van der Waals surface area contributed by atoms with Gasteiger partial charge in [-0.05, 0) is 51.2 Å². The van der Waals surface area contributed by atoms with Crippen molar-refractivity contribution in [3.63, 3.8) is 0 Å². The minimum absolute atomic E-state index is 0.115. The smallest absolute Gasteiger partial charge is 0.272 e. The van der Waals surface area contributed by atoms with Crippen LogP contribution in [0.1, 0.15) is 31.1 Å². The van der Waals surface area contributed by atoms with Crippen LogP contribution in [0.15, 0.2) is 18.2 Å². The van der Waals surface area contributed by atoms with Crippen molar-refractivity contribution in [3.8, 4) is 0 Å². The molecule has 0 fully saturated rings. The number of hydrazine groups is 1. The summed E-state index contributed by atoms with van der Waals surface area (Å²) >= 11 is 10.6. The van der Waals surface area contributed by atoms with E-state index in [-0.39, 0.29) is 21.2 Å². The van der Waals surface area contributed by atoms with Gasteiger partial charge in [0.05, 0.1) is 5.56 Å². The Morgan fingerprint density at radius 3 is 2.47 bits per heavy atom. The quantitative estimate of drug-likeness (QED) is 0.551. The molecule has 104 valence electrons. The number of nitrogens with one attached hydrogen (secondary N) is 3. The summed E-state index contributed by atoms with van der Waals surface area (Å²) in [6, 6.07) is 3.81. The van der Waals surface area contributed by atoms with Gasteiger partial charge in [-0.1, -0.05) is 11.6 Å². The van der Waals surface area contributed by atoms with Crippen LogP contribution in [0.3, 0.4) is 0 Å². The lowest BCUT2D eigenvalue weighted by Gasteiger charge is -2.23. The Balaban J connectivity index is 2.59. The molecule has 0 heterocycles. The minimum atomic E-state index is -0.693. The molecule has 0 saturated heterocycles. The molecule has 19 heavy (non-hydrogen) atoms. The summed E-state index contributed by atoms with van der Waals surface area (Å²) in [5.41, 5.74) is 4.46. The van der Waals surface area contributed by atoms with E-state index in [1.165, 1.54) is 12.1 Å². The molecule has 0 aliphatic rings. The highest BCUT2D eigenvalue weighted by Crippen LogP contribution is 2.14. The van der Waals surface area contributed by atoms with Crippen molar-refractivity contribution in [2.45, 2.75) is 26.3 Å². The van der Waals surface area contributed by atoms with Crippen LogP contribution in [-0.4, -0.2) is 16.6 Å². The van der Waals surface area contributed by atoms with Gasteiger partial charge in [-0.3, -0.25) is 15.6 Å². The molecule has 1 rings (SSSR count). The van der Waals surface area contributed by atoms with Crippen molar-refractivity contribution >= 4 is 34.8 Å². The molecule has 0 aromatic heterocycles. The van der Waals surface area contributed by atoms with Gasteiger partial charge in [0.25, 0.3) is 5.91 Å². The fourth-order valence-corrected chi connectivity index (χ4v) is 1.74. The number of rotatable bonds is 1. The lowest BCUT2D eigenvalue weighted by molar-refractivity contribution is 0.0939. The maximum atomic E-state index is 13.5. The zero-order valence-corrected chi connectivity index (χ0v) is 12.4.